The number of hydrogen-bond acceptors (Lipinski definition) is 19. The molecule has 8 heterocycles. The van der Waals surface area contributed by atoms with Crippen LogP contribution >= 0.6 is 80.7 Å². The maximum atomic E-state index is 12.2. The number of alkyl halides is 2. The van der Waals surface area contributed by atoms with Gasteiger partial charge in [0.25, 0.3) is 0 Å². The molecule has 0 aliphatic heterocycles. The molecule has 0 radical (unpaired) electrons. The molecular formula is C51H59Cl5N20O4S3. The number of amides is 4. The predicted octanol–water partition coefficient (Wildman–Crippen LogP) is 11.9. The predicted molar refractivity (Wildman–Crippen MR) is 336 cm³/mol. The van der Waals surface area contributed by atoms with Crippen LogP contribution in [0.15, 0.2) is 98.5 Å². The van der Waals surface area contributed by atoms with Gasteiger partial charge in [0.15, 0.2) is 38.1 Å². The molecule has 0 unspecified atom stereocenters. The second-order valence-corrected chi connectivity index (χ2v) is 23.8. The highest BCUT2D eigenvalue weighted by Gasteiger charge is 2.14. The molecule has 0 saturated carbocycles. The normalized spacial score (nSPS) is 10.9. The van der Waals surface area contributed by atoms with Crippen LogP contribution in [0.25, 0.3) is 33.1 Å². The third kappa shape index (κ3) is 20.3. The summed E-state index contributed by atoms with van der Waals surface area (Å²) in [6.07, 6.45) is 18.2. The number of sulfone groups is 1. The van der Waals surface area contributed by atoms with Crippen LogP contribution in [0.1, 0.15) is 43.9 Å². The number of fused-ring (bicyclic) bond motifs is 3. The largest absolute Gasteiger partial charge is 0.368 e. The van der Waals surface area contributed by atoms with Crippen LogP contribution in [0.3, 0.4) is 0 Å². The van der Waals surface area contributed by atoms with Crippen molar-refractivity contribution in [2.24, 2.45) is 0 Å². The summed E-state index contributed by atoms with van der Waals surface area (Å²) in [6.45, 7) is 3.20. The fourth-order valence-corrected chi connectivity index (χ4v) is 10.4. The minimum absolute atomic E-state index is 0. The first-order chi connectivity index (χ1) is 39.2. The van der Waals surface area contributed by atoms with E-state index >= 15 is 0 Å². The van der Waals surface area contributed by atoms with Crippen molar-refractivity contribution in [3.63, 3.8) is 0 Å². The number of aryl methyl sites for hydroxylation is 3. The molecule has 0 aliphatic carbocycles. The molecule has 6 N–H and O–H groups in total. The van der Waals surface area contributed by atoms with Crippen molar-refractivity contribution in [2.75, 3.05) is 68.8 Å². The molecule has 8 aromatic heterocycles. The first kappa shape index (κ1) is 65.0. The number of carbonyl (C=O) groups is 2. The Morgan fingerprint density at radius 2 is 0.976 bits per heavy atom. The van der Waals surface area contributed by atoms with Gasteiger partial charge in [-0.15, -0.1) is 45.9 Å². The maximum Gasteiger partial charge on any atom is 0.325 e. The molecule has 0 bridgehead atoms. The van der Waals surface area contributed by atoms with E-state index in [9.17, 15) is 18.0 Å². The van der Waals surface area contributed by atoms with Crippen molar-refractivity contribution in [1.82, 2.24) is 69.2 Å². The van der Waals surface area contributed by atoms with E-state index in [0.29, 0.717) is 116 Å². The van der Waals surface area contributed by atoms with Crippen LogP contribution in [0.5, 0.6) is 0 Å². The molecule has 10 aromatic rings. The minimum Gasteiger partial charge on any atom is -0.368 e. The molecule has 0 spiro atoms. The van der Waals surface area contributed by atoms with Gasteiger partial charge in [-0.3, -0.25) is 24.7 Å². The van der Waals surface area contributed by atoms with Gasteiger partial charge in [-0.2, -0.15) is 15.3 Å². The van der Waals surface area contributed by atoms with Gasteiger partial charge in [-0.05, 0) is 55.7 Å². The second-order valence-electron chi connectivity index (χ2n) is 17.4. The van der Waals surface area contributed by atoms with E-state index in [-0.39, 0.29) is 26.6 Å². The van der Waals surface area contributed by atoms with E-state index in [1.165, 1.54) is 47.9 Å². The molecule has 83 heavy (non-hydrogen) atoms. The number of nitrogens with one attached hydrogen (secondary N) is 6. The molecule has 0 fully saturated rings. The van der Waals surface area contributed by atoms with Crippen molar-refractivity contribution in [1.29, 1.82) is 0 Å². The Hall–Kier alpha value is -7.11. The topological polar surface area (TPSA) is 297 Å². The second kappa shape index (κ2) is 32.1. The number of rotatable bonds is 22. The number of aromatic nitrogens is 14. The van der Waals surface area contributed by atoms with Crippen LogP contribution in [0, 0.1) is 0 Å². The average Bonchev–Trinajstić information content (AvgIpc) is 4.30. The van der Waals surface area contributed by atoms with E-state index < -0.39 is 15.9 Å². The first-order valence-electron chi connectivity index (χ1n) is 24.7. The monoisotopic (exact) mass is 1290 g/mol. The number of carbonyl (C=O) groups excluding carboxylic acids is 2. The number of halogens is 5. The molecule has 440 valence electrons. The number of thiazole rings is 2. The molecule has 0 aliphatic rings. The fraction of sp³-hybridized carbons (Fsp3) is 0.314. The summed E-state index contributed by atoms with van der Waals surface area (Å²) in [7, 11) is -3.01. The number of anilines is 6. The Morgan fingerprint density at radius 3 is 1.40 bits per heavy atom. The zero-order chi connectivity index (χ0) is 57.1. The molecule has 2 aromatic carbocycles. The SMILES string of the molecule is C.C.CS(=O)(=O)CCCn1cc2ncnc(NCCc3cnc(NC(=O)Nc4cccc(Cl)c4)s3)c2n1.ClCCCn1cc2ncnc(Cl)c2n1.O=C(Nc1cccc(Cl)c1)Nc1ncc(CCNc2ncnc3cn(CCCCl)nc23)s1. The van der Waals surface area contributed by atoms with E-state index in [0.717, 1.165) is 52.2 Å². The molecule has 10 rings (SSSR count). The van der Waals surface area contributed by atoms with Gasteiger partial charge in [0.1, 0.15) is 50.9 Å². The van der Waals surface area contributed by atoms with Crippen molar-refractivity contribution in [2.45, 2.75) is 66.6 Å². The highest BCUT2D eigenvalue weighted by molar-refractivity contribution is 7.90. The lowest BCUT2D eigenvalue weighted by Gasteiger charge is -2.05. The Labute approximate surface area is 511 Å². The summed E-state index contributed by atoms with van der Waals surface area (Å²) < 4.78 is 28.0. The lowest BCUT2D eigenvalue weighted by Crippen LogP contribution is -2.19. The third-order valence-electron chi connectivity index (χ3n) is 11.0. The standard InChI is InChI=1S/C21H23ClN8O3S2.C20H20Cl2N8OS.C8H8Cl2N4.2CH4/c1-35(32,33)9-3-8-30-12-17-18(29-30)19(26-13-25-17)23-7-6-16-11-24-21(34-16)28-20(31)27-15-5-2-4-14(22)10-15;21-6-2-8-30-11-16-17(29-30)18(26-12-25-16)23-7-5-15-10-24-20(32-15)28-19(31)27-14-4-1-3-13(22)9-14;9-2-1-3-14-4-6-7(13-14)8(10)12-5-11-6;;/h2,4-5,10-13H,3,6-9H2,1H3,(H,23,25,26)(H2,24,27,28,31);1,3-4,9-12H,2,5-8H2,(H,23,25,26)(H2,24,27,28,31);4-5H,1-3H2;2*1H4. The summed E-state index contributed by atoms with van der Waals surface area (Å²) in [5.41, 5.74) is 5.41. The smallest absolute Gasteiger partial charge is 0.325 e. The van der Waals surface area contributed by atoms with Crippen molar-refractivity contribution in [3.05, 3.63) is 123 Å². The van der Waals surface area contributed by atoms with Gasteiger partial charge in [0, 0.05) is 107 Å². The van der Waals surface area contributed by atoms with Crippen LogP contribution in [0.2, 0.25) is 15.2 Å². The molecule has 24 nitrogen and oxygen atoms in total. The number of urea groups is 2. The number of nitrogens with zero attached hydrogens (tertiary/aromatic N) is 14. The highest BCUT2D eigenvalue weighted by Crippen LogP contribution is 2.24. The lowest BCUT2D eigenvalue weighted by molar-refractivity contribution is 0.261. The Morgan fingerprint density at radius 1 is 0.554 bits per heavy atom. The Kier molecular flexibility index (Phi) is 25.1. The van der Waals surface area contributed by atoms with Crippen LogP contribution < -0.4 is 31.9 Å². The molecular weight excluding hydrogens is 1230 g/mol. The zero-order valence-electron chi connectivity index (χ0n) is 42.9. The summed E-state index contributed by atoms with van der Waals surface area (Å²) in [4.78, 5) is 59.9. The Bertz CT molecular complexity index is 3820. The average molecular weight is 1290 g/mol. The van der Waals surface area contributed by atoms with Crippen LogP contribution in [0.4, 0.5) is 42.9 Å². The van der Waals surface area contributed by atoms with Gasteiger partial charge < -0.3 is 21.3 Å². The third-order valence-corrected chi connectivity index (χ3v) is 15.2. The summed E-state index contributed by atoms with van der Waals surface area (Å²) >= 11 is 31.9. The van der Waals surface area contributed by atoms with Crippen LogP contribution in [-0.2, 0) is 42.3 Å². The minimum atomic E-state index is -3.01. The first-order valence-corrected chi connectivity index (χ1v) is 30.6. The molecule has 0 atom stereocenters. The highest BCUT2D eigenvalue weighted by atomic mass is 35.5. The number of benzene rings is 2. The van der Waals surface area contributed by atoms with E-state index in [1.807, 2.05) is 17.1 Å². The zero-order valence-corrected chi connectivity index (χ0v) is 49.2. The van der Waals surface area contributed by atoms with Gasteiger partial charge in [0.05, 0.1) is 24.3 Å². The van der Waals surface area contributed by atoms with Gasteiger partial charge in [-0.1, -0.05) is 61.8 Å². The summed E-state index contributed by atoms with van der Waals surface area (Å²) in [5, 5.41) is 33.2. The van der Waals surface area contributed by atoms with Gasteiger partial charge in [0.2, 0.25) is 0 Å². The molecule has 32 heteroatoms. The van der Waals surface area contributed by atoms with Gasteiger partial charge in [-0.25, -0.2) is 57.9 Å². The number of hydrogen-bond donors (Lipinski definition) is 6. The quantitative estimate of drug-likeness (QED) is 0.0271. The molecule has 0 saturated heterocycles. The lowest BCUT2D eigenvalue weighted by atomic mass is 10.3. The Balaban J connectivity index is 0.000000213. The van der Waals surface area contributed by atoms with Crippen LogP contribution in [-0.4, -0.2) is 127 Å². The summed E-state index contributed by atoms with van der Waals surface area (Å²) in [5.74, 6) is 2.59. The van der Waals surface area contributed by atoms with E-state index in [4.69, 9.17) is 58.0 Å². The van der Waals surface area contributed by atoms with E-state index in [2.05, 4.69) is 87.1 Å². The fourth-order valence-electron chi connectivity index (χ4n) is 7.38. The maximum absolute atomic E-state index is 12.2. The molecule has 4 amide bonds. The summed E-state index contributed by atoms with van der Waals surface area (Å²) in [6, 6.07) is 13.0. The van der Waals surface area contributed by atoms with Crippen molar-refractivity contribution < 1.29 is 18.0 Å². The van der Waals surface area contributed by atoms with E-state index in [1.54, 1.807) is 76.5 Å². The van der Waals surface area contributed by atoms with Crippen molar-refractivity contribution >= 4 is 169 Å². The van der Waals surface area contributed by atoms with Crippen molar-refractivity contribution in [3.8, 4) is 0 Å². The van der Waals surface area contributed by atoms with Gasteiger partial charge >= 0.3 is 12.1 Å².